The summed E-state index contributed by atoms with van der Waals surface area (Å²) in [5.41, 5.74) is 1.89. The first-order chi connectivity index (χ1) is 23.7. The van der Waals surface area contributed by atoms with Crippen LogP contribution in [0.3, 0.4) is 0 Å². The van der Waals surface area contributed by atoms with Crippen LogP contribution in [-0.2, 0) is 18.4 Å². The van der Waals surface area contributed by atoms with Crippen molar-refractivity contribution in [3.05, 3.63) is 53.3 Å². The summed E-state index contributed by atoms with van der Waals surface area (Å²) in [6.45, 7) is 4.82. The minimum atomic E-state index is -1.14. The number of fused-ring (bicyclic) bond motifs is 2. The van der Waals surface area contributed by atoms with Crippen molar-refractivity contribution in [2.45, 2.75) is 82.0 Å². The molecule has 9 bridgehead atoms. The first-order valence-corrected chi connectivity index (χ1v) is 17.5. The molecule has 0 radical (unpaired) electrons. The standard InChI is InChI=1S/C36H38F2N8O3/c1-20-10-26-24(14-41-44-26)27-23(20)5-4-22-12-40-32(49-22)36(47)16-34(17-36)6-2-8-45(18-34)31-25-13-39-30(27)28(38)29(25)42-33(43-31)48-19-35-7-3-9-46(35)15-21(37)11-35/h10,12-14,21,47H,2-9,11,15-19H2,1H3,(H,41,44)/t21-,34?,35+,36?/m1/s1. The summed E-state index contributed by atoms with van der Waals surface area (Å²) in [6, 6.07) is 2.09. The summed E-state index contributed by atoms with van der Waals surface area (Å²) in [7, 11) is 0. The second-order valence-electron chi connectivity index (χ2n) is 15.3. The molecule has 7 aliphatic rings. The molecule has 3 saturated heterocycles. The van der Waals surface area contributed by atoms with E-state index < -0.39 is 23.1 Å². The lowest BCUT2D eigenvalue weighted by atomic mass is 9.56. The number of halogens is 2. The molecule has 2 atom stereocenters. The van der Waals surface area contributed by atoms with E-state index in [1.54, 1.807) is 18.6 Å². The first-order valence-electron chi connectivity index (χ1n) is 17.5. The van der Waals surface area contributed by atoms with E-state index in [9.17, 15) is 9.50 Å². The number of alkyl halides is 1. The Labute approximate surface area is 281 Å². The van der Waals surface area contributed by atoms with E-state index in [4.69, 9.17) is 24.1 Å². The molecule has 254 valence electrons. The molecular weight excluding hydrogens is 630 g/mol. The van der Waals surface area contributed by atoms with Gasteiger partial charge in [0.05, 0.1) is 28.8 Å². The third-order valence-electron chi connectivity index (χ3n) is 12.1. The predicted molar refractivity (Wildman–Crippen MR) is 177 cm³/mol. The van der Waals surface area contributed by atoms with E-state index in [0.29, 0.717) is 80.2 Å². The number of H-pyrrole nitrogens is 1. The lowest BCUT2D eigenvalue weighted by Crippen LogP contribution is -2.57. The van der Waals surface area contributed by atoms with Gasteiger partial charge in [-0.1, -0.05) is 0 Å². The number of rotatable bonds is 3. The number of aromatic amines is 1. The molecule has 1 aliphatic carbocycles. The van der Waals surface area contributed by atoms with E-state index in [2.05, 4.69) is 25.0 Å². The van der Waals surface area contributed by atoms with Crippen molar-refractivity contribution in [3.63, 3.8) is 0 Å². The van der Waals surface area contributed by atoms with Crippen LogP contribution in [0.5, 0.6) is 6.01 Å². The smallest absolute Gasteiger partial charge is 0.319 e. The van der Waals surface area contributed by atoms with Gasteiger partial charge in [-0.2, -0.15) is 15.1 Å². The number of benzene rings is 1. The van der Waals surface area contributed by atoms with Gasteiger partial charge in [0.15, 0.2) is 5.82 Å². The van der Waals surface area contributed by atoms with Crippen LogP contribution in [0.25, 0.3) is 33.1 Å². The number of nitrogens with one attached hydrogen (secondary N) is 1. The van der Waals surface area contributed by atoms with Crippen LogP contribution in [0, 0.1) is 18.2 Å². The molecular formula is C36H38F2N8O3. The Kier molecular flexibility index (Phi) is 6.29. The zero-order chi connectivity index (χ0) is 33.1. The highest BCUT2D eigenvalue weighted by atomic mass is 19.1. The zero-order valence-corrected chi connectivity index (χ0v) is 27.4. The monoisotopic (exact) mass is 668 g/mol. The third-order valence-corrected chi connectivity index (χ3v) is 12.1. The van der Waals surface area contributed by atoms with E-state index in [1.807, 2.05) is 13.0 Å². The molecule has 5 aromatic rings. The van der Waals surface area contributed by atoms with Crippen molar-refractivity contribution in [2.24, 2.45) is 5.41 Å². The van der Waals surface area contributed by atoms with Gasteiger partial charge in [-0.05, 0) is 81.0 Å². The number of aromatic nitrogens is 6. The largest absolute Gasteiger partial charge is 0.461 e. The number of ether oxygens (including phenoxy) is 1. The average Bonchev–Trinajstić information content (AvgIpc) is 3.86. The minimum Gasteiger partial charge on any atom is -0.461 e. The Bertz CT molecular complexity index is 2140. The number of anilines is 1. The van der Waals surface area contributed by atoms with Crippen LogP contribution < -0.4 is 9.64 Å². The van der Waals surface area contributed by atoms with Gasteiger partial charge in [0, 0.05) is 49.6 Å². The van der Waals surface area contributed by atoms with E-state index >= 15 is 4.39 Å². The normalized spacial score (nSPS) is 29.4. The van der Waals surface area contributed by atoms with Crippen molar-refractivity contribution in [1.82, 2.24) is 35.0 Å². The molecule has 1 spiro atoms. The molecule has 0 amide bonds. The Morgan fingerprint density at radius 1 is 1.08 bits per heavy atom. The molecule has 4 fully saturated rings. The number of hydrogen-bond donors (Lipinski definition) is 2. The topological polar surface area (TPSA) is 129 Å². The van der Waals surface area contributed by atoms with Crippen LogP contribution in [0.2, 0.25) is 0 Å². The summed E-state index contributed by atoms with van der Waals surface area (Å²) in [5, 5.41) is 20.3. The summed E-state index contributed by atoms with van der Waals surface area (Å²) in [4.78, 5) is 23.3. The van der Waals surface area contributed by atoms with Gasteiger partial charge in [0.2, 0.25) is 5.89 Å². The van der Waals surface area contributed by atoms with Gasteiger partial charge in [-0.15, -0.1) is 0 Å². The van der Waals surface area contributed by atoms with E-state index in [0.717, 1.165) is 54.3 Å². The molecule has 1 saturated carbocycles. The molecule has 2 N–H and O–H groups in total. The lowest BCUT2D eigenvalue weighted by molar-refractivity contribution is -0.154. The quantitative estimate of drug-likeness (QED) is 0.261. The molecule has 6 aliphatic heterocycles. The van der Waals surface area contributed by atoms with E-state index in [-0.39, 0.29) is 29.2 Å². The number of piperidine rings is 1. The predicted octanol–water partition coefficient (Wildman–Crippen LogP) is 5.33. The van der Waals surface area contributed by atoms with Crippen LogP contribution in [0.1, 0.15) is 67.7 Å². The fraction of sp³-hybridized carbons (Fsp3) is 0.528. The second kappa shape index (κ2) is 10.4. The van der Waals surface area contributed by atoms with Crippen molar-refractivity contribution < 1.29 is 23.0 Å². The molecule has 49 heavy (non-hydrogen) atoms. The van der Waals surface area contributed by atoms with Gasteiger partial charge in [-0.3, -0.25) is 15.0 Å². The number of pyridine rings is 1. The maximum absolute atomic E-state index is 17.3. The summed E-state index contributed by atoms with van der Waals surface area (Å²) >= 11 is 0. The van der Waals surface area contributed by atoms with Gasteiger partial charge >= 0.3 is 6.01 Å². The molecule has 1 aromatic carbocycles. The van der Waals surface area contributed by atoms with Gasteiger partial charge in [-0.25, -0.2) is 13.8 Å². The molecule has 4 aromatic heterocycles. The van der Waals surface area contributed by atoms with E-state index in [1.165, 1.54) is 0 Å². The number of aliphatic hydroxyl groups is 1. The number of aryl methyl sites for hydroxylation is 2. The Morgan fingerprint density at radius 2 is 1.96 bits per heavy atom. The molecule has 13 heteroatoms. The Morgan fingerprint density at radius 3 is 2.86 bits per heavy atom. The van der Waals surface area contributed by atoms with Crippen molar-refractivity contribution in [1.29, 1.82) is 0 Å². The zero-order valence-electron chi connectivity index (χ0n) is 27.4. The maximum Gasteiger partial charge on any atom is 0.319 e. The number of oxazole rings is 1. The summed E-state index contributed by atoms with van der Waals surface area (Å²) < 4.78 is 44.4. The van der Waals surface area contributed by atoms with Gasteiger partial charge in [0.1, 0.15) is 41.2 Å². The Balaban J connectivity index is 1.16. The maximum atomic E-state index is 17.3. The SMILES string of the molecule is Cc1cc2[nH]ncc2c2c1CCc1cnc(o1)C1(O)CC3(CCCN(C3)c3nc(OC[C@@]45CCCN4C[C@H](F)C5)nc4c(F)c-2ncc34)C1. The highest BCUT2D eigenvalue weighted by molar-refractivity contribution is 5.99. The summed E-state index contributed by atoms with van der Waals surface area (Å²) in [5.74, 6) is 1.03. The highest BCUT2D eigenvalue weighted by Gasteiger charge is 2.58. The fourth-order valence-corrected chi connectivity index (χ4v) is 9.91. The fourth-order valence-electron chi connectivity index (χ4n) is 9.91. The van der Waals surface area contributed by atoms with Crippen LogP contribution in [-0.4, -0.2) is 84.6 Å². The molecule has 0 unspecified atom stereocenters. The lowest BCUT2D eigenvalue weighted by Gasteiger charge is -2.56. The number of hydrogen-bond acceptors (Lipinski definition) is 10. The second-order valence-corrected chi connectivity index (χ2v) is 15.3. The minimum absolute atomic E-state index is 0.0784. The van der Waals surface area contributed by atoms with Crippen LogP contribution in [0.15, 0.2) is 29.1 Å². The third kappa shape index (κ3) is 4.47. The summed E-state index contributed by atoms with van der Waals surface area (Å²) in [6.07, 6.45) is 10.3. The van der Waals surface area contributed by atoms with Crippen LogP contribution in [0.4, 0.5) is 14.6 Å². The van der Waals surface area contributed by atoms with Crippen molar-refractivity contribution in [3.8, 4) is 17.3 Å². The van der Waals surface area contributed by atoms with Crippen molar-refractivity contribution in [2.75, 3.05) is 37.7 Å². The van der Waals surface area contributed by atoms with Gasteiger partial charge in [0.25, 0.3) is 0 Å². The average molecular weight is 669 g/mol. The molecule has 10 heterocycles. The first kappa shape index (κ1) is 29.7. The number of nitrogens with zero attached hydrogens (tertiary/aromatic N) is 7. The Hall–Kier alpha value is -4.23. The van der Waals surface area contributed by atoms with Gasteiger partial charge < -0.3 is 19.2 Å². The molecule has 11 nitrogen and oxygen atoms in total. The molecule has 12 rings (SSSR count). The van der Waals surface area contributed by atoms with Crippen molar-refractivity contribution >= 4 is 27.6 Å². The van der Waals surface area contributed by atoms with Crippen LogP contribution >= 0.6 is 0 Å². The highest BCUT2D eigenvalue weighted by Crippen LogP contribution is 2.58.